The molecular weight excluding hydrogens is 432 g/mol. The van der Waals surface area contributed by atoms with E-state index in [-0.39, 0.29) is 25.3 Å². The van der Waals surface area contributed by atoms with Crippen molar-refractivity contribution in [2.75, 3.05) is 13.1 Å². The molecule has 9 N–H and O–H groups in total. The smallest absolute Gasteiger partial charge is 0.326 e. The lowest BCUT2D eigenvalue weighted by atomic mass is 10.0. The number of primary amides is 1. The molecule has 1 fully saturated rings. The van der Waals surface area contributed by atoms with Gasteiger partial charge in [0.05, 0.1) is 12.5 Å². The Kier molecular flexibility index (Phi) is 11.8. The van der Waals surface area contributed by atoms with Crippen molar-refractivity contribution in [3.05, 3.63) is 0 Å². The number of nitrogens with one attached hydrogen (secondary N) is 2. The third-order valence-electron chi connectivity index (χ3n) is 5.48. The summed E-state index contributed by atoms with van der Waals surface area (Å²) in [5, 5.41) is 14.5. The number of hydrogen-bond donors (Lipinski definition) is 6. The van der Waals surface area contributed by atoms with Gasteiger partial charge in [-0.15, -0.1) is 0 Å². The second-order valence-electron chi connectivity index (χ2n) is 8.84. The Labute approximate surface area is 194 Å². The molecule has 4 atom stereocenters. The van der Waals surface area contributed by atoms with Crippen LogP contribution >= 0.6 is 0 Å². The van der Waals surface area contributed by atoms with E-state index in [1.54, 1.807) is 0 Å². The van der Waals surface area contributed by atoms with Crippen LogP contribution in [0, 0.1) is 5.92 Å². The van der Waals surface area contributed by atoms with Gasteiger partial charge in [0.15, 0.2) is 0 Å². The third-order valence-corrected chi connectivity index (χ3v) is 5.48. The molecule has 0 aromatic carbocycles. The van der Waals surface area contributed by atoms with Crippen molar-refractivity contribution in [1.29, 1.82) is 0 Å². The molecule has 33 heavy (non-hydrogen) atoms. The lowest BCUT2D eigenvalue weighted by Crippen LogP contribution is -2.57. The molecule has 1 rings (SSSR count). The van der Waals surface area contributed by atoms with E-state index in [1.165, 1.54) is 0 Å². The largest absolute Gasteiger partial charge is 0.480 e. The quantitative estimate of drug-likeness (QED) is 0.162. The van der Waals surface area contributed by atoms with Crippen LogP contribution in [0.5, 0.6) is 0 Å². The second-order valence-corrected chi connectivity index (χ2v) is 8.84. The number of aliphatic carboxylic acids is 1. The lowest BCUT2D eigenvalue weighted by Gasteiger charge is -2.28. The standard InChI is InChI=1S/C21H38N6O6/c1-12(2)10-13(23)18(29)25-14(6-3-4-8-22)19(30)26-15(11-17(24)28)20(31)27-9-5-7-16(27)21(32)33/h12-16H,3-11,22-23H2,1-2H3,(H2,24,28)(H,25,29)(H,26,30)(H,32,33). The van der Waals surface area contributed by atoms with Crippen molar-refractivity contribution in [3.63, 3.8) is 0 Å². The number of rotatable bonds is 14. The van der Waals surface area contributed by atoms with Gasteiger partial charge in [-0.05, 0) is 51.0 Å². The van der Waals surface area contributed by atoms with Gasteiger partial charge in [0.25, 0.3) is 0 Å². The number of carboxylic acids is 1. The lowest BCUT2D eigenvalue weighted by molar-refractivity contribution is -0.149. The number of likely N-dealkylation sites (tertiary alicyclic amines) is 1. The molecule has 0 aliphatic carbocycles. The molecule has 0 bridgehead atoms. The van der Waals surface area contributed by atoms with Crippen molar-refractivity contribution in [1.82, 2.24) is 15.5 Å². The van der Waals surface area contributed by atoms with Gasteiger partial charge >= 0.3 is 5.97 Å². The van der Waals surface area contributed by atoms with Crippen molar-refractivity contribution >= 4 is 29.6 Å². The van der Waals surface area contributed by atoms with Gasteiger partial charge in [0.2, 0.25) is 23.6 Å². The Balaban J connectivity index is 2.98. The fraction of sp³-hybridized carbons (Fsp3) is 0.762. The number of carbonyl (C=O) groups is 5. The zero-order valence-electron chi connectivity index (χ0n) is 19.4. The summed E-state index contributed by atoms with van der Waals surface area (Å²) in [4.78, 5) is 62.6. The maximum atomic E-state index is 13.0. The average Bonchev–Trinajstić information content (AvgIpc) is 3.21. The van der Waals surface area contributed by atoms with E-state index in [4.69, 9.17) is 17.2 Å². The predicted octanol–water partition coefficient (Wildman–Crippen LogP) is -1.59. The van der Waals surface area contributed by atoms with Gasteiger partial charge in [0.1, 0.15) is 18.1 Å². The Morgan fingerprint density at radius 1 is 1.06 bits per heavy atom. The first-order chi connectivity index (χ1) is 15.5. The second kappa shape index (κ2) is 13.7. The molecule has 12 nitrogen and oxygen atoms in total. The van der Waals surface area contributed by atoms with Crippen LogP contribution in [0.15, 0.2) is 0 Å². The highest BCUT2D eigenvalue weighted by Gasteiger charge is 2.38. The Morgan fingerprint density at radius 3 is 2.24 bits per heavy atom. The minimum Gasteiger partial charge on any atom is -0.480 e. The fourth-order valence-electron chi connectivity index (χ4n) is 3.82. The number of hydrogen-bond acceptors (Lipinski definition) is 7. The molecule has 1 saturated heterocycles. The first-order valence-corrected chi connectivity index (χ1v) is 11.4. The van der Waals surface area contributed by atoms with E-state index in [1.807, 2.05) is 13.8 Å². The van der Waals surface area contributed by atoms with Crippen LogP contribution in [0.25, 0.3) is 0 Å². The number of carbonyl (C=O) groups excluding carboxylic acids is 4. The molecule has 188 valence electrons. The van der Waals surface area contributed by atoms with E-state index in [9.17, 15) is 29.1 Å². The van der Waals surface area contributed by atoms with Crippen LogP contribution in [0.2, 0.25) is 0 Å². The minimum atomic E-state index is -1.34. The highest BCUT2D eigenvalue weighted by atomic mass is 16.4. The first kappa shape index (κ1) is 28.3. The van der Waals surface area contributed by atoms with Crippen molar-refractivity contribution < 1.29 is 29.1 Å². The molecule has 0 aromatic heterocycles. The molecule has 12 heteroatoms. The van der Waals surface area contributed by atoms with Crippen LogP contribution in [0.3, 0.4) is 0 Å². The van der Waals surface area contributed by atoms with E-state index in [0.717, 1.165) is 4.90 Å². The third kappa shape index (κ3) is 9.34. The summed E-state index contributed by atoms with van der Waals surface area (Å²) >= 11 is 0. The summed E-state index contributed by atoms with van der Waals surface area (Å²) in [6, 6.07) is -4.18. The van der Waals surface area contributed by atoms with Crippen molar-refractivity contribution in [2.24, 2.45) is 23.1 Å². The highest BCUT2D eigenvalue weighted by molar-refractivity contribution is 5.96. The molecule has 1 heterocycles. The number of nitrogens with zero attached hydrogens (tertiary/aromatic N) is 1. The molecule has 4 unspecified atom stereocenters. The summed E-state index contributed by atoms with van der Waals surface area (Å²) in [7, 11) is 0. The van der Waals surface area contributed by atoms with Gasteiger partial charge in [-0.1, -0.05) is 13.8 Å². The number of carboxylic acid groups (broad SMARTS) is 1. The van der Waals surface area contributed by atoms with Crippen LogP contribution in [0.1, 0.15) is 58.8 Å². The van der Waals surface area contributed by atoms with Crippen LogP contribution in [-0.2, 0) is 24.0 Å². The van der Waals surface area contributed by atoms with Gasteiger partial charge < -0.3 is 37.8 Å². The SMILES string of the molecule is CC(C)CC(N)C(=O)NC(CCCCN)C(=O)NC(CC(N)=O)C(=O)N1CCCC1C(=O)O. The van der Waals surface area contributed by atoms with Crippen LogP contribution < -0.4 is 27.8 Å². The molecule has 0 radical (unpaired) electrons. The summed E-state index contributed by atoms with van der Waals surface area (Å²) < 4.78 is 0. The van der Waals surface area contributed by atoms with Gasteiger partial charge in [-0.2, -0.15) is 0 Å². The summed E-state index contributed by atoms with van der Waals surface area (Å²) in [6.07, 6.45) is 2.11. The first-order valence-electron chi connectivity index (χ1n) is 11.4. The Morgan fingerprint density at radius 2 is 1.70 bits per heavy atom. The average molecular weight is 471 g/mol. The predicted molar refractivity (Wildman–Crippen MR) is 120 cm³/mol. The Bertz CT molecular complexity index is 715. The summed E-state index contributed by atoms with van der Waals surface area (Å²) in [5.74, 6) is -3.69. The maximum absolute atomic E-state index is 13.0. The summed E-state index contributed by atoms with van der Waals surface area (Å²) in [5.41, 5.74) is 16.7. The number of unbranched alkanes of at least 4 members (excludes halogenated alkanes) is 1. The maximum Gasteiger partial charge on any atom is 0.326 e. The van der Waals surface area contributed by atoms with Gasteiger partial charge in [-0.25, -0.2) is 4.79 Å². The van der Waals surface area contributed by atoms with Crippen molar-refractivity contribution in [3.8, 4) is 0 Å². The normalized spacial score (nSPS) is 18.5. The monoisotopic (exact) mass is 470 g/mol. The van der Waals surface area contributed by atoms with Crippen LogP contribution in [0.4, 0.5) is 0 Å². The molecule has 4 amide bonds. The van der Waals surface area contributed by atoms with E-state index in [2.05, 4.69) is 10.6 Å². The topological polar surface area (TPSA) is 211 Å². The zero-order chi connectivity index (χ0) is 25.1. The highest BCUT2D eigenvalue weighted by Crippen LogP contribution is 2.19. The molecule has 0 spiro atoms. The fourth-order valence-corrected chi connectivity index (χ4v) is 3.82. The van der Waals surface area contributed by atoms with E-state index in [0.29, 0.717) is 32.2 Å². The van der Waals surface area contributed by atoms with Gasteiger partial charge in [0, 0.05) is 6.54 Å². The van der Waals surface area contributed by atoms with Crippen molar-refractivity contribution in [2.45, 2.75) is 83.0 Å². The molecule has 1 aliphatic heterocycles. The minimum absolute atomic E-state index is 0.176. The zero-order valence-corrected chi connectivity index (χ0v) is 19.4. The van der Waals surface area contributed by atoms with E-state index >= 15 is 0 Å². The number of nitrogens with two attached hydrogens (primary N) is 3. The van der Waals surface area contributed by atoms with Gasteiger partial charge in [-0.3, -0.25) is 19.2 Å². The molecule has 1 aliphatic rings. The van der Waals surface area contributed by atoms with Crippen LogP contribution in [-0.4, -0.2) is 76.9 Å². The number of amides is 4. The molecule has 0 aromatic rings. The van der Waals surface area contributed by atoms with E-state index < -0.39 is 60.2 Å². The Hall–Kier alpha value is -2.73. The summed E-state index contributed by atoms with van der Waals surface area (Å²) in [6.45, 7) is 4.44. The molecule has 0 saturated carbocycles. The molecular formula is C21H38N6O6.